The fraction of sp³-hybridized carbons (Fsp3) is 0.0952. The lowest BCUT2D eigenvalue weighted by Crippen LogP contribution is -2.22. The van der Waals surface area contributed by atoms with Gasteiger partial charge in [0.15, 0.2) is 5.16 Å². The van der Waals surface area contributed by atoms with E-state index in [2.05, 4.69) is 10.3 Å². The monoisotopic (exact) mass is 443 g/mol. The Hall–Kier alpha value is -3.04. The van der Waals surface area contributed by atoms with E-state index in [1.54, 1.807) is 18.2 Å². The molecule has 5 nitrogen and oxygen atoms in total. The zero-order valence-electron chi connectivity index (χ0n) is 15.7. The lowest BCUT2D eigenvalue weighted by molar-refractivity contribution is -0.113. The Morgan fingerprint density at radius 1 is 1.17 bits per heavy atom. The van der Waals surface area contributed by atoms with Crippen LogP contribution in [0.4, 0.5) is 14.5 Å². The summed E-state index contributed by atoms with van der Waals surface area (Å²) in [5.41, 5.74) is 0.302. The van der Waals surface area contributed by atoms with E-state index in [9.17, 15) is 18.4 Å². The molecule has 0 atom stereocenters. The number of hydrogen-bond acceptors (Lipinski definition) is 5. The molecule has 0 spiro atoms. The first-order chi connectivity index (χ1) is 14.4. The quantitative estimate of drug-likeness (QED) is 0.357. The van der Waals surface area contributed by atoms with Crippen LogP contribution in [0, 0.1) is 18.6 Å². The van der Waals surface area contributed by atoms with E-state index < -0.39 is 17.5 Å². The largest absolute Gasteiger partial charge is 0.323 e. The first-order valence-corrected chi connectivity index (χ1v) is 10.7. The molecule has 0 aliphatic heterocycles. The molecule has 0 unspecified atom stereocenters. The SMILES string of the molecule is Cc1cc2c(=O)n(-c3ccccc3)c(SCC(=O)Nc3ccc(F)cc3F)nc2s1. The van der Waals surface area contributed by atoms with Crippen molar-refractivity contribution in [2.24, 2.45) is 0 Å². The average Bonchev–Trinajstić information content (AvgIpc) is 3.10. The maximum absolute atomic E-state index is 13.8. The number of hydrogen-bond donors (Lipinski definition) is 1. The van der Waals surface area contributed by atoms with Crippen molar-refractivity contribution in [3.63, 3.8) is 0 Å². The van der Waals surface area contributed by atoms with Gasteiger partial charge in [-0.3, -0.25) is 14.2 Å². The fourth-order valence-electron chi connectivity index (χ4n) is 2.89. The van der Waals surface area contributed by atoms with Crippen LogP contribution >= 0.6 is 23.1 Å². The number of benzene rings is 2. The molecule has 0 saturated heterocycles. The number of nitrogens with one attached hydrogen (secondary N) is 1. The van der Waals surface area contributed by atoms with Crippen LogP contribution in [0.15, 0.2) is 64.5 Å². The van der Waals surface area contributed by atoms with Gasteiger partial charge in [-0.05, 0) is 37.3 Å². The highest BCUT2D eigenvalue weighted by atomic mass is 32.2. The Morgan fingerprint density at radius 2 is 1.93 bits per heavy atom. The summed E-state index contributed by atoms with van der Waals surface area (Å²) in [5.74, 6) is -2.19. The van der Waals surface area contributed by atoms with Crippen LogP contribution in [0.25, 0.3) is 15.9 Å². The fourth-order valence-corrected chi connectivity index (χ4v) is 4.62. The molecule has 2 aromatic heterocycles. The van der Waals surface area contributed by atoms with Crippen LogP contribution in [0.2, 0.25) is 0 Å². The molecular weight excluding hydrogens is 428 g/mol. The maximum atomic E-state index is 13.8. The molecule has 0 saturated carbocycles. The van der Waals surface area contributed by atoms with E-state index in [0.717, 1.165) is 28.8 Å². The van der Waals surface area contributed by atoms with E-state index in [4.69, 9.17) is 0 Å². The number of amides is 1. The van der Waals surface area contributed by atoms with Crippen molar-refractivity contribution in [2.75, 3.05) is 11.1 Å². The zero-order chi connectivity index (χ0) is 21.3. The van der Waals surface area contributed by atoms with Crippen LogP contribution in [0.1, 0.15) is 4.88 Å². The lowest BCUT2D eigenvalue weighted by atomic mass is 10.3. The van der Waals surface area contributed by atoms with Crippen LogP contribution in [-0.2, 0) is 4.79 Å². The smallest absolute Gasteiger partial charge is 0.267 e. The van der Waals surface area contributed by atoms with Gasteiger partial charge in [0.1, 0.15) is 16.5 Å². The number of aryl methyl sites for hydroxylation is 1. The van der Waals surface area contributed by atoms with Gasteiger partial charge in [-0.1, -0.05) is 30.0 Å². The molecule has 152 valence electrons. The third kappa shape index (κ3) is 4.12. The normalized spacial score (nSPS) is 11.0. The minimum Gasteiger partial charge on any atom is -0.323 e. The molecular formula is C21H15F2N3O2S2. The number of para-hydroxylation sites is 1. The van der Waals surface area contributed by atoms with E-state index in [-0.39, 0.29) is 17.0 Å². The number of aromatic nitrogens is 2. The zero-order valence-corrected chi connectivity index (χ0v) is 17.3. The van der Waals surface area contributed by atoms with Crippen LogP contribution in [0.3, 0.4) is 0 Å². The number of carbonyl (C=O) groups excluding carboxylic acids is 1. The van der Waals surface area contributed by atoms with Gasteiger partial charge in [-0.25, -0.2) is 13.8 Å². The predicted molar refractivity (Wildman–Crippen MR) is 116 cm³/mol. The van der Waals surface area contributed by atoms with Crippen molar-refractivity contribution in [3.8, 4) is 5.69 Å². The van der Waals surface area contributed by atoms with Gasteiger partial charge in [-0.2, -0.15) is 0 Å². The number of thiophene rings is 1. The summed E-state index contributed by atoms with van der Waals surface area (Å²) in [6.07, 6.45) is 0. The molecule has 2 aromatic carbocycles. The second-order valence-electron chi connectivity index (χ2n) is 6.41. The molecule has 2 heterocycles. The second kappa shape index (κ2) is 8.37. The molecule has 0 fully saturated rings. The molecule has 0 aliphatic rings. The van der Waals surface area contributed by atoms with Crippen molar-refractivity contribution < 1.29 is 13.6 Å². The minimum absolute atomic E-state index is 0.105. The Balaban J connectivity index is 1.64. The summed E-state index contributed by atoms with van der Waals surface area (Å²) in [4.78, 5) is 31.6. The van der Waals surface area contributed by atoms with Crippen molar-refractivity contribution in [3.05, 3.63) is 81.5 Å². The molecule has 30 heavy (non-hydrogen) atoms. The third-order valence-corrected chi connectivity index (χ3v) is 6.09. The topological polar surface area (TPSA) is 64.0 Å². The molecule has 0 bridgehead atoms. The summed E-state index contributed by atoms with van der Waals surface area (Å²) in [6.45, 7) is 1.90. The van der Waals surface area contributed by atoms with E-state index in [0.29, 0.717) is 27.1 Å². The Labute approximate surface area is 178 Å². The van der Waals surface area contributed by atoms with Gasteiger partial charge < -0.3 is 5.32 Å². The molecule has 4 rings (SSSR count). The number of halogens is 2. The van der Waals surface area contributed by atoms with Crippen molar-refractivity contribution in [1.29, 1.82) is 0 Å². The van der Waals surface area contributed by atoms with Crippen LogP contribution < -0.4 is 10.9 Å². The van der Waals surface area contributed by atoms with Crippen molar-refractivity contribution in [2.45, 2.75) is 12.1 Å². The molecule has 4 aromatic rings. The minimum atomic E-state index is -0.858. The van der Waals surface area contributed by atoms with Gasteiger partial charge in [-0.15, -0.1) is 11.3 Å². The van der Waals surface area contributed by atoms with Gasteiger partial charge in [0.05, 0.1) is 22.5 Å². The van der Waals surface area contributed by atoms with E-state index >= 15 is 0 Å². The highest BCUT2D eigenvalue weighted by Crippen LogP contribution is 2.26. The third-order valence-electron chi connectivity index (χ3n) is 4.21. The van der Waals surface area contributed by atoms with E-state index in [1.807, 2.05) is 25.1 Å². The van der Waals surface area contributed by atoms with Gasteiger partial charge in [0, 0.05) is 10.9 Å². The standard InChI is InChI=1S/C21H15F2N3O2S2/c1-12-9-15-19(30-12)25-21(26(20(15)28)14-5-3-2-4-6-14)29-11-18(27)24-17-8-7-13(22)10-16(17)23/h2-10H,11H2,1H3,(H,24,27). The number of nitrogens with zero attached hydrogens (tertiary/aromatic N) is 2. The highest BCUT2D eigenvalue weighted by Gasteiger charge is 2.17. The lowest BCUT2D eigenvalue weighted by Gasteiger charge is -2.12. The molecule has 9 heteroatoms. The number of anilines is 1. The number of fused-ring (bicyclic) bond motifs is 1. The maximum Gasteiger partial charge on any atom is 0.267 e. The number of carbonyl (C=O) groups is 1. The summed E-state index contributed by atoms with van der Waals surface area (Å²) < 4.78 is 28.3. The van der Waals surface area contributed by atoms with Crippen molar-refractivity contribution in [1.82, 2.24) is 9.55 Å². The van der Waals surface area contributed by atoms with Gasteiger partial charge in [0.25, 0.3) is 5.56 Å². The first kappa shape index (κ1) is 20.2. The Bertz CT molecular complexity index is 1300. The molecule has 0 radical (unpaired) electrons. The van der Waals surface area contributed by atoms with E-state index in [1.165, 1.54) is 15.9 Å². The first-order valence-electron chi connectivity index (χ1n) is 8.88. The highest BCUT2D eigenvalue weighted by molar-refractivity contribution is 7.99. The average molecular weight is 444 g/mol. The van der Waals surface area contributed by atoms with Crippen molar-refractivity contribution >= 4 is 44.9 Å². The molecule has 0 aliphatic carbocycles. The summed E-state index contributed by atoms with van der Waals surface area (Å²) in [7, 11) is 0. The molecule has 1 N–H and O–H groups in total. The van der Waals surface area contributed by atoms with Crippen LogP contribution in [0.5, 0.6) is 0 Å². The summed E-state index contributed by atoms with van der Waals surface area (Å²) in [5, 5.41) is 3.28. The Kier molecular flexibility index (Phi) is 5.65. The second-order valence-corrected chi connectivity index (χ2v) is 8.58. The number of thioether (sulfide) groups is 1. The Morgan fingerprint density at radius 3 is 2.67 bits per heavy atom. The van der Waals surface area contributed by atoms with Gasteiger partial charge in [0.2, 0.25) is 5.91 Å². The predicted octanol–water partition coefficient (Wildman–Crippen LogP) is 4.76. The number of rotatable bonds is 5. The van der Waals surface area contributed by atoms with Gasteiger partial charge >= 0.3 is 0 Å². The summed E-state index contributed by atoms with van der Waals surface area (Å²) in [6, 6.07) is 13.7. The summed E-state index contributed by atoms with van der Waals surface area (Å²) >= 11 is 2.47. The molecule has 1 amide bonds. The van der Waals surface area contributed by atoms with Crippen LogP contribution in [-0.4, -0.2) is 21.2 Å².